The molecule has 0 radical (unpaired) electrons. The highest BCUT2D eigenvalue weighted by atomic mass is 19.1. The van der Waals surface area contributed by atoms with Gasteiger partial charge in [0.1, 0.15) is 11.4 Å². The van der Waals surface area contributed by atoms with Crippen LogP contribution >= 0.6 is 0 Å². The van der Waals surface area contributed by atoms with Crippen molar-refractivity contribution in [3.05, 3.63) is 59.4 Å². The fourth-order valence-electron chi connectivity index (χ4n) is 5.61. The second-order valence-electron chi connectivity index (χ2n) is 9.16. The molecule has 0 aromatic heterocycles. The highest BCUT2D eigenvalue weighted by Crippen LogP contribution is 2.54. The number of rotatable bonds is 6. The summed E-state index contributed by atoms with van der Waals surface area (Å²) in [5.41, 5.74) is 5.85. The van der Waals surface area contributed by atoms with E-state index < -0.39 is 52.9 Å². The number of nitrogens with zero attached hydrogens (tertiary/aromatic N) is 1. The molecular weight excluding hydrogens is 439 g/mol. The minimum absolute atomic E-state index is 0.246. The average Bonchev–Trinajstić information content (AvgIpc) is 3.37. The summed E-state index contributed by atoms with van der Waals surface area (Å²) in [6, 6.07) is 10.1. The minimum Gasteiger partial charge on any atom is -0.370 e. The van der Waals surface area contributed by atoms with Crippen LogP contribution in [0.3, 0.4) is 0 Å². The lowest BCUT2D eigenvalue weighted by Gasteiger charge is -2.29. The van der Waals surface area contributed by atoms with E-state index in [-0.39, 0.29) is 12.0 Å². The van der Waals surface area contributed by atoms with Crippen LogP contribution in [0.4, 0.5) is 15.8 Å². The summed E-state index contributed by atoms with van der Waals surface area (Å²) in [5, 5.41) is 5.74. The van der Waals surface area contributed by atoms with E-state index in [2.05, 4.69) is 17.6 Å². The first kappa shape index (κ1) is 22.2. The van der Waals surface area contributed by atoms with Gasteiger partial charge in [0, 0.05) is 23.7 Å². The Bertz CT molecular complexity index is 1210. The Balaban J connectivity index is 1.59. The summed E-state index contributed by atoms with van der Waals surface area (Å²) in [5.74, 6) is -5.04. The normalized spacial score (nSPS) is 27.3. The molecule has 4 N–H and O–H groups in total. The van der Waals surface area contributed by atoms with Gasteiger partial charge in [0.25, 0.3) is 0 Å². The molecule has 3 heterocycles. The molecule has 0 unspecified atom stereocenters. The van der Waals surface area contributed by atoms with Crippen LogP contribution in [0.25, 0.3) is 0 Å². The highest BCUT2D eigenvalue weighted by Gasteiger charge is 2.70. The summed E-state index contributed by atoms with van der Waals surface area (Å²) >= 11 is 0. The third-order valence-corrected chi connectivity index (χ3v) is 7.11. The number of unbranched alkanes of at least 4 members (excludes halogenated alkanes) is 1. The van der Waals surface area contributed by atoms with E-state index in [0.717, 1.165) is 29.7 Å². The fraction of sp³-hybridized carbons (Fsp3) is 0.360. The first-order chi connectivity index (χ1) is 16.3. The maximum atomic E-state index is 14.2. The molecule has 2 aromatic carbocycles. The molecule has 9 heteroatoms. The first-order valence-corrected chi connectivity index (χ1v) is 11.4. The lowest BCUT2D eigenvalue weighted by molar-refractivity contribution is -0.130. The van der Waals surface area contributed by atoms with Crippen molar-refractivity contribution in [2.24, 2.45) is 17.6 Å². The van der Waals surface area contributed by atoms with E-state index in [4.69, 9.17) is 5.73 Å². The van der Waals surface area contributed by atoms with Crippen LogP contribution in [0, 0.1) is 17.7 Å². The highest BCUT2D eigenvalue weighted by molar-refractivity contribution is 6.25. The third-order valence-electron chi connectivity index (χ3n) is 7.11. The molecule has 0 bridgehead atoms. The molecule has 5 rings (SSSR count). The van der Waals surface area contributed by atoms with Gasteiger partial charge >= 0.3 is 0 Å². The van der Waals surface area contributed by atoms with Crippen LogP contribution in [0.2, 0.25) is 0 Å². The van der Waals surface area contributed by atoms with Gasteiger partial charge in [-0.25, -0.2) is 9.29 Å². The average molecular weight is 464 g/mol. The van der Waals surface area contributed by atoms with Crippen LogP contribution in [0.1, 0.15) is 37.3 Å². The van der Waals surface area contributed by atoms with Crippen molar-refractivity contribution in [3.63, 3.8) is 0 Å². The van der Waals surface area contributed by atoms with Gasteiger partial charge in [-0.05, 0) is 48.7 Å². The maximum absolute atomic E-state index is 14.2. The largest absolute Gasteiger partial charge is 0.370 e. The minimum atomic E-state index is -1.68. The number of nitrogens with one attached hydrogen (secondary N) is 2. The summed E-state index contributed by atoms with van der Waals surface area (Å²) < 4.78 is 14.2. The maximum Gasteiger partial charge on any atom is 0.250 e. The molecule has 34 heavy (non-hydrogen) atoms. The zero-order chi connectivity index (χ0) is 24.2. The number of carbonyl (C=O) groups is 4. The van der Waals surface area contributed by atoms with E-state index in [1.54, 1.807) is 12.1 Å². The second kappa shape index (κ2) is 8.02. The molecule has 176 valence electrons. The summed E-state index contributed by atoms with van der Waals surface area (Å²) in [6.07, 6.45) is 2.72. The van der Waals surface area contributed by atoms with Gasteiger partial charge in [-0.2, -0.15) is 0 Å². The molecule has 2 saturated heterocycles. The topological polar surface area (TPSA) is 122 Å². The first-order valence-electron chi connectivity index (χ1n) is 11.4. The monoisotopic (exact) mass is 464 g/mol. The molecule has 0 saturated carbocycles. The third kappa shape index (κ3) is 3.14. The van der Waals surface area contributed by atoms with Crippen molar-refractivity contribution in [1.82, 2.24) is 5.32 Å². The van der Waals surface area contributed by atoms with Gasteiger partial charge in [-0.1, -0.05) is 25.5 Å². The van der Waals surface area contributed by atoms with E-state index in [1.807, 2.05) is 12.1 Å². The van der Waals surface area contributed by atoms with Crippen molar-refractivity contribution in [2.45, 2.75) is 44.2 Å². The zero-order valence-corrected chi connectivity index (χ0v) is 18.6. The Morgan fingerprint density at radius 1 is 1.12 bits per heavy atom. The van der Waals surface area contributed by atoms with Gasteiger partial charge in [-0.3, -0.25) is 24.5 Å². The summed E-state index contributed by atoms with van der Waals surface area (Å²) in [7, 11) is 0. The number of nitrogens with two attached hydrogens (primary N) is 1. The summed E-state index contributed by atoms with van der Waals surface area (Å²) in [6.45, 7) is 2.10. The molecule has 2 aromatic rings. The molecule has 3 aliphatic rings. The SMILES string of the molecule is CCCCc1ccc(N2C(=O)[C@@H]3[C@H](CC(N)=O)N[C@@]4(C(=O)Nc5ccc(F)cc54)[C@@H]3C2=O)cc1. The quantitative estimate of drug-likeness (QED) is 0.565. The number of imide groups is 1. The molecule has 0 aliphatic carbocycles. The van der Waals surface area contributed by atoms with Crippen LogP contribution in [-0.2, 0) is 31.1 Å². The number of carbonyl (C=O) groups excluding carboxylic acids is 4. The Kier molecular flexibility index (Phi) is 5.24. The summed E-state index contributed by atoms with van der Waals surface area (Å²) in [4.78, 5) is 53.5. The van der Waals surface area contributed by atoms with Crippen molar-refractivity contribution in [2.75, 3.05) is 10.2 Å². The number of amides is 4. The number of primary amides is 1. The van der Waals surface area contributed by atoms with E-state index in [0.29, 0.717) is 11.4 Å². The second-order valence-corrected chi connectivity index (χ2v) is 9.16. The van der Waals surface area contributed by atoms with Gasteiger partial charge in [0.2, 0.25) is 23.6 Å². The van der Waals surface area contributed by atoms with Gasteiger partial charge in [-0.15, -0.1) is 0 Å². The van der Waals surface area contributed by atoms with E-state index in [9.17, 15) is 23.6 Å². The lowest BCUT2D eigenvalue weighted by Crippen LogP contribution is -2.53. The Morgan fingerprint density at radius 3 is 2.53 bits per heavy atom. The Labute approximate surface area is 195 Å². The van der Waals surface area contributed by atoms with Gasteiger partial charge in [0.05, 0.1) is 17.5 Å². The number of fused-ring (bicyclic) bond motifs is 4. The van der Waals surface area contributed by atoms with Gasteiger partial charge < -0.3 is 11.1 Å². The zero-order valence-electron chi connectivity index (χ0n) is 18.6. The number of anilines is 2. The molecular formula is C25H25FN4O4. The molecule has 1 spiro atoms. The van der Waals surface area contributed by atoms with Crippen molar-refractivity contribution in [3.8, 4) is 0 Å². The lowest BCUT2D eigenvalue weighted by atomic mass is 9.76. The molecule has 4 atom stereocenters. The molecule has 3 aliphatic heterocycles. The van der Waals surface area contributed by atoms with Crippen LogP contribution < -0.4 is 21.3 Å². The molecule has 2 fully saturated rings. The van der Waals surface area contributed by atoms with Crippen molar-refractivity contribution >= 4 is 35.0 Å². The molecule has 4 amide bonds. The van der Waals surface area contributed by atoms with Crippen molar-refractivity contribution in [1.29, 1.82) is 0 Å². The Morgan fingerprint density at radius 2 is 1.85 bits per heavy atom. The fourth-order valence-corrected chi connectivity index (χ4v) is 5.61. The standard InChI is InChI=1S/C25H25FN4O4/c1-2-3-4-13-5-8-15(9-6-13)30-22(32)20-18(12-19(27)31)29-25(21(20)23(30)33)16-11-14(26)7-10-17(16)28-24(25)34/h5-11,18,20-21,29H,2-4,12H2,1H3,(H2,27,31)(H,28,34)/t18-,20+,21-,25+/m0/s1. The number of halogens is 1. The van der Waals surface area contributed by atoms with Crippen LogP contribution in [-0.4, -0.2) is 29.7 Å². The van der Waals surface area contributed by atoms with E-state index >= 15 is 0 Å². The number of hydrogen-bond donors (Lipinski definition) is 3. The Hall–Kier alpha value is -3.59. The number of hydrogen-bond acceptors (Lipinski definition) is 5. The van der Waals surface area contributed by atoms with Crippen molar-refractivity contribution < 1.29 is 23.6 Å². The smallest absolute Gasteiger partial charge is 0.250 e. The molecule has 8 nitrogen and oxygen atoms in total. The van der Waals surface area contributed by atoms with E-state index in [1.165, 1.54) is 18.2 Å². The number of aryl methyl sites for hydroxylation is 1. The van der Waals surface area contributed by atoms with Crippen LogP contribution in [0.15, 0.2) is 42.5 Å². The van der Waals surface area contributed by atoms with Gasteiger partial charge in [0.15, 0.2) is 0 Å². The van der Waals surface area contributed by atoms with Crippen LogP contribution in [0.5, 0.6) is 0 Å². The number of benzene rings is 2. The predicted molar refractivity (Wildman–Crippen MR) is 122 cm³/mol. The predicted octanol–water partition coefficient (Wildman–Crippen LogP) is 1.97.